The van der Waals surface area contributed by atoms with E-state index in [1.54, 1.807) is 0 Å². The summed E-state index contributed by atoms with van der Waals surface area (Å²) in [6, 6.07) is 17.6. The Balaban J connectivity index is 2.24. The summed E-state index contributed by atoms with van der Waals surface area (Å²) in [5, 5.41) is 0. The highest BCUT2D eigenvalue weighted by Crippen LogP contribution is 2.24. The molecule has 0 bridgehead atoms. The van der Waals surface area contributed by atoms with Crippen molar-refractivity contribution in [2.24, 2.45) is 0 Å². The number of nitrogens with zero attached hydrogens (tertiary/aromatic N) is 1. The van der Waals surface area contributed by atoms with E-state index in [4.69, 9.17) is 4.74 Å². The van der Waals surface area contributed by atoms with Gasteiger partial charge < -0.3 is 9.22 Å². The Morgan fingerprint density at radius 2 is 1.62 bits per heavy atom. The van der Waals surface area contributed by atoms with Crippen molar-refractivity contribution in [3.05, 3.63) is 65.7 Å². The molecule has 0 amide bonds. The van der Waals surface area contributed by atoms with Gasteiger partial charge in [0, 0.05) is 5.56 Å². The third-order valence-corrected chi connectivity index (χ3v) is 3.86. The number of ketones is 1. The van der Waals surface area contributed by atoms with Crippen molar-refractivity contribution in [1.29, 1.82) is 0 Å². The Hall–Kier alpha value is -2.13. The first-order valence-corrected chi connectivity index (χ1v) is 8.53. The molecule has 0 heterocycles. The van der Waals surface area contributed by atoms with Gasteiger partial charge in [0.25, 0.3) is 0 Å². The first-order chi connectivity index (χ1) is 11.4. The van der Waals surface area contributed by atoms with Crippen LogP contribution < -0.4 is 4.74 Å². The summed E-state index contributed by atoms with van der Waals surface area (Å²) < 4.78 is 6.34. The number of ether oxygens (including phenoxy) is 1. The molecule has 0 saturated carbocycles. The Bertz CT molecular complexity index is 642. The van der Waals surface area contributed by atoms with E-state index in [2.05, 4.69) is 28.1 Å². The molecule has 0 aliphatic rings. The molecule has 0 unspecified atom stereocenters. The van der Waals surface area contributed by atoms with E-state index in [-0.39, 0.29) is 11.7 Å². The summed E-state index contributed by atoms with van der Waals surface area (Å²) in [7, 11) is 6.35. The van der Waals surface area contributed by atoms with Gasteiger partial charge in [0.2, 0.25) is 0 Å². The lowest BCUT2D eigenvalue weighted by atomic mass is 9.90. The van der Waals surface area contributed by atoms with Crippen molar-refractivity contribution >= 4 is 5.78 Å². The molecule has 0 aliphatic heterocycles. The van der Waals surface area contributed by atoms with Crippen LogP contribution in [0.1, 0.15) is 35.2 Å². The summed E-state index contributed by atoms with van der Waals surface area (Å²) in [5.74, 6) is 0.834. The lowest BCUT2D eigenvalue weighted by Crippen LogP contribution is -2.40. The number of Topliss-reactive ketones (excluding diaryl/α,β-unsaturated/α-hetero) is 1. The van der Waals surface area contributed by atoms with Crippen LogP contribution in [0.5, 0.6) is 5.75 Å². The summed E-state index contributed by atoms with van der Waals surface area (Å²) in [6.07, 6.45) is 0.972. The van der Waals surface area contributed by atoms with Gasteiger partial charge in [-0.1, -0.05) is 37.3 Å². The van der Waals surface area contributed by atoms with Gasteiger partial charge in [-0.3, -0.25) is 4.79 Å². The molecule has 0 spiro atoms. The predicted molar refractivity (Wildman–Crippen MR) is 98.6 cm³/mol. The van der Waals surface area contributed by atoms with Crippen LogP contribution in [0.15, 0.2) is 54.6 Å². The second-order valence-corrected chi connectivity index (χ2v) is 7.17. The van der Waals surface area contributed by atoms with E-state index in [1.165, 1.54) is 0 Å². The van der Waals surface area contributed by atoms with Gasteiger partial charge in [-0.05, 0) is 36.2 Å². The van der Waals surface area contributed by atoms with Crippen molar-refractivity contribution in [2.75, 3.05) is 34.3 Å². The fourth-order valence-electron chi connectivity index (χ4n) is 2.71. The molecule has 0 aliphatic carbocycles. The zero-order valence-electron chi connectivity index (χ0n) is 15.2. The maximum Gasteiger partial charge on any atom is 0.175 e. The fourth-order valence-corrected chi connectivity index (χ4v) is 2.71. The van der Waals surface area contributed by atoms with Crippen LogP contribution in [-0.4, -0.2) is 44.6 Å². The molecule has 0 N–H and O–H groups in total. The smallest absolute Gasteiger partial charge is 0.175 e. The fraction of sp³-hybridized carbons (Fsp3) is 0.381. The zero-order valence-corrected chi connectivity index (χ0v) is 15.2. The molecular weight excluding hydrogens is 298 g/mol. The quantitative estimate of drug-likeness (QED) is 0.538. The van der Waals surface area contributed by atoms with E-state index in [0.29, 0.717) is 6.61 Å². The van der Waals surface area contributed by atoms with Gasteiger partial charge in [-0.25, -0.2) is 0 Å². The summed E-state index contributed by atoms with van der Waals surface area (Å²) >= 11 is 0. The number of carbonyl (C=O) groups excluding carboxylic acids is 1. The standard InChI is InChI=1S/C21H28NO2/c1-5-15-24-19-13-11-18(12-14-19)21(23)20(16-22(2,3)4)17-9-7-6-8-10-17/h6-14,20H,5,15-16H2,1-4H3/q+1/t20-/m0/s1. The summed E-state index contributed by atoms with van der Waals surface area (Å²) in [5.41, 5.74) is 1.81. The Kier molecular flexibility index (Phi) is 6.16. The van der Waals surface area contributed by atoms with Gasteiger partial charge in [0.15, 0.2) is 5.78 Å². The maximum absolute atomic E-state index is 13.1. The van der Waals surface area contributed by atoms with Crippen molar-refractivity contribution in [3.63, 3.8) is 0 Å². The lowest BCUT2D eigenvalue weighted by Gasteiger charge is -2.29. The number of hydrogen-bond acceptors (Lipinski definition) is 2. The number of rotatable bonds is 8. The first-order valence-electron chi connectivity index (χ1n) is 8.53. The Morgan fingerprint density at radius 1 is 1.00 bits per heavy atom. The number of carbonyl (C=O) groups is 1. The van der Waals surface area contributed by atoms with Crippen LogP contribution >= 0.6 is 0 Å². The Labute approximate surface area is 145 Å². The molecule has 3 nitrogen and oxygen atoms in total. The molecule has 2 aromatic rings. The van der Waals surface area contributed by atoms with E-state index in [0.717, 1.165) is 34.3 Å². The van der Waals surface area contributed by atoms with E-state index < -0.39 is 0 Å². The molecule has 0 fully saturated rings. The van der Waals surface area contributed by atoms with Crippen LogP contribution in [0.3, 0.4) is 0 Å². The highest BCUT2D eigenvalue weighted by atomic mass is 16.5. The highest BCUT2D eigenvalue weighted by molar-refractivity contribution is 6.01. The van der Waals surface area contributed by atoms with Gasteiger partial charge >= 0.3 is 0 Å². The third kappa shape index (κ3) is 5.20. The molecular formula is C21H28NO2+. The van der Waals surface area contributed by atoms with E-state index in [9.17, 15) is 4.79 Å². The second kappa shape index (κ2) is 8.11. The molecule has 2 rings (SSSR count). The van der Waals surface area contributed by atoms with Crippen molar-refractivity contribution in [2.45, 2.75) is 19.3 Å². The average molecular weight is 326 g/mol. The lowest BCUT2D eigenvalue weighted by molar-refractivity contribution is -0.870. The summed E-state index contributed by atoms with van der Waals surface area (Å²) in [6.45, 7) is 3.53. The average Bonchev–Trinajstić information content (AvgIpc) is 2.58. The van der Waals surface area contributed by atoms with E-state index >= 15 is 0 Å². The maximum atomic E-state index is 13.1. The molecule has 0 saturated heterocycles. The minimum absolute atomic E-state index is 0.145. The molecule has 3 heteroatoms. The molecule has 128 valence electrons. The topological polar surface area (TPSA) is 26.3 Å². The van der Waals surface area contributed by atoms with E-state index in [1.807, 2.05) is 54.6 Å². The largest absolute Gasteiger partial charge is 0.494 e. The van der Waals surface area contributed by atoms with Crippen LogP contribution in [0.2, 0.25) is 0 Å². The Morgan fingerprint density at radius 3 is 2.17 bits per heavy atom. The minimum atomic E-state index is -0.145. The monoisotopic (exact) mass is 326 g/mol. The normalized spacial score (nSPS) is 12.7. The predicted octanol–water partition coefficient (Wildman–Crippen LogP) is 4.15. The second-order valence-electron chi connectivity index (χ2n) is 7.17. The van der Waals surface area contributed by atoms with Crippen LogP contribution in [0, 0.1) is 0 Å². The third-order valence-electron chi connectivity index (χ3n) is 3.86. The number of hydrogen-bond donors (Lipinski definition) is 0. The zero-order chi connectivity index (χ0) is 17.6. The number of quaternary nitrogens is 1. The SMILES string of the molecule is CCCOc1ccc(C(=O)[C@@H](C[N+](C)(C)C)c2ccccc2)cc1. The first kappa shape index (κ1) is 18.2. The number of likely N-dealkylation sites (N-methyl/N-ethyl adjacent to an activating group) is 1. The van der Waals surface area contributed by atoms with Crippen LogP contribution in [-0.2, 0) is 0 Å². The van der Waals surface area contributed by atoms with Gasteiger partial charge in [-0.15, -0.1) is 0 Å². The summed E-state index contributed by atoms with van der Waals surface area (Å²) in [4.78, 5) is 13.1. The van der Waals surface area contributed by atoms with Gasteiger partial charge in [-0.2, -0.15) is 0 Å². The van der Waals surface area contributed by atoms with Crippen molar-refractivity contribution in [1.82, 2.24) is 0 Å². The molecule has 24 heavy (non-hydrogen) atoms. The number of benzene rings is 2. The molecule has 1 atom stereocenters. The molecule has 0 aromatic heterocycles. The highest BCUT2D eigenvalue weighted by Gasteiger charge is 2.27. The molecule has 2 aromatic carbocycles. The van der Waals surface area contributed by atoms with Crippen LogP contribution in [0.25, 0.3) is 0 Å². The van der Waals surface area contributed by atoms with Gasteiger partial charge in [0.1, 0.15) is 5.75 Å². The van der Waals surface area contributed by atoms with Crippen molar-refractivity contribution in [3.8, 4) is 5.75 Å². The molecule has 0 radical (unpaired) electrons. The van der Waals surface area contributed by atoms with Gasteiger partial charge in [0.05, 0.1) is 40.2 Å². The van der Waals surface area contributed by atoms with Crippen LogP contribution in [0.4, 0.5) is 0 Å². The minimum Gasteiger partial charge on any atom is -0.494 e. The van der Waals surface area contributed by atoms with Crippen molar-refractivity contribution < 1.29 is 14.0 Å².